The lowest BCUT2D eigenvalue weighted by atomic mass is 10.1. The molecule has 136 valence electrons. The lowest BCUT2D eigenvalue weighted by Crippen LogP contribution is -2.42. The molecule has 0 aliphatic carbocycles. The second-order valence-corrected chi connectivity index (χ2v) is 6.47. The maximum absolute atomic E-state index is 13.0. The molecule has 0 aromatic heterocycles. The summed E-state index contributed by atoms with van der Waals surface area (Å²) in [5.41, 5.74) is 2.06. The van der Waals surface area contributed by atoms with Gasteiger partial charge in [0.05, 0.1) is 11.6 Å². The van der Waals surface area contributed by atoms with E-state index in [1.54, 1.807) is 24.3 Å². The molecule has 6 heteroatoms. The Morgan fingerprint density at radius 1 is 1.08 bits per heavy atom. The average molecular weight is 356 g/mol. The first-order valence-corrected chi connectivity index (χ1v) is 8.61. The van der Waals surface area contributed by atoms with Gasteiger partial charge in [0.15, 0.2) is 0 Å². The molecule has 0 bridgehead atoms. The van der Waals surface area contributed by atoms with Gasteiger partial charge in [-0.05, 0) is 54.8 Å². The molecule has 2 N–H and O–H groups in total. The molecule has 1 fully saturated rings. The van der Waals surface area contributed by atoms with Crippen LogP contribution < -0.4 is 5.32 Å². The minimum Gasteiger partial charge on any atom is -0.478 e. The number of hydrogen-bond donors (Lipinski definition) is 2. The molecule has 2 aromatic rings. The van der Waals surface area contributed by atoms with Crippen LogP contribution in [0.15, 0.2) is 48.5 Å². The van der Waals surface area contributed by atoms with Gasteiger partial charge in [0.25, 0.3) is 0 Å². The maximum Gasteiger partial charge on any atom is 0.335 e. The van der Waals surface area contributed by atoms with Gasteiger partial charge in [0.1, 0.15) is 5.82 Å². The Morgan fingerprint density at radius 3 is 2.38 bits per heavy atom. The van der Waals surface area contributed by atoms with Gasteiger partial charge in [-0.2, -0.15) is 0 Å². The van der Waals surface area contributed by atoms with Gasteiger partial charge in [-0.25, -0.2) is 9.18 Å². The van der Waals surface area contributed by atoms with E-state index in [1.807, 2.05) is 0 Å². The molecule has 0 spiro atoms. The minimum absolute atomic E-state index is 0.0353. The average Bonchev–Trinajstić information content (AvgIpc) is 3.10. The number of carboxylic acids is 1. The highest BCUT2D eigenvalue weighted by molar-refractivity contribution is 5.87. The largest absolute Gasteiger partial charge is 0.478 e. The predicted octanol–water partition coefficient (Wildman–Crippen LogP) is 2.80. The van der Waals surface area contributed by atoms with Gasteiger partial charge in [0, 0.05) is 13.1 Å². The molecule has 1 atom stereocenters. The Balaban J connectivity index is 1.56. The zero-order valence-corrected chi connectivity index (χ0v) is 14.3. The number of benzene rings is 2. The summed E-state index contributed by atoms with van der Waals surface area (Å²) in [6.07, 6.45) is 1.75. The van der Waals surface area contributed by atoms with Crippen LogP contribution in [0.4, 0.5) is 4.39 Å². The van der Waals surface area contributed by atoms with Gasteiger partial charge in [0.2, 0.25) is 5.91 Å². The molecule has 5 nitrogen and oxygen atoms in total. The first-order valence-electron chi connectivity index (χ1n) is 8.61. The highest BCUT2D eigenvalue weighted by Crippen LogP contribution is 2.20. The number of amides is 1. The Morgan fingerprint density at radius 2 is 1.73 bits per heavy atom. The predicted molar refractivity (Wildman–Crippen MR) is 95.1 cm³/mol. The van der Waals surface area contributed by atoms with Crippen molar-refractivity contribution in [2.45, 2.75) is 32.0 Å². The SMILES string of the molecule is O=C(O)c1ccc(CNC(=O)[C@H]2CCCN2Cc2ccc(F)cc2)cc1. The summed E-state index contributed by atoms with van der Waals surface area (Å²) >= 11 is 0. The number of likely N-dealkylation sites (tertiary alicyclic amines) is 1. The van der Waals surface area contributed by atoms with Crippen molar-refractivity contribution in [2.24, 2.45) is 0 Å². The summed E-state index contributed by atoms with van der Waals surface area (Å²) in [6, 6.07) is 12.6. The van der Waals surface area contributed by atoms with Gasteiger partial charge in [-0.1, -0.05) is 24.3 Å². The van der Waals surface area contributed by atoms with E-state index >= 15 is 0 Å². The first-order chi connectivity index (χ1) is 12.5. The van der Waals surface area contributed by atoms with Crippen LogP contribution in [-0.2, 0) is 17.9 Å². The van der Waals surface area contributed by atoms with E-state index in [0.29, 0.717) is 13.1 Å². The summed E-state index contributed by atoms with van der Waals surface area (Å²) < 4.78 is 13.0. The van der Waals surface area contributed by atoms with E-state index in [2.05, 4.69) is 10.2 Å². The molecule has 1 saturated heterocycles. The van der Waals surface area contributed by atoms with Crippen LogP contribution in [0.25, 0.3) is 0 Å². The van der Waals surface area contributed by atoms with Crippen molar-refractivity contribution in [3.05, 3.63) is 71.0 Å². The van der Waals surface area contributed by atoms with Gasteiger partial charge >= 0.3 is 5.97 Å². The van der Waals surface area contributed by atoms with Crippen molar-refractivity contribution in [1.29, 1.82) is 0 Å². The molecule has 2 aromatic carbocycles. The molecular weight excluding hydrogens is 335 g/mol. The minimum atomic E-state index is -0.969. The number of carbonyl (C=O) groups is 2. The number of nitrogens with one attached hydrogen (secondary N) is 1. The molecule has 26 heavy (non-hydrogen) atoms. The topological polar surface area (TPSA) is 69.6 Å². The smallest absolute Gasteiger partial charge is 0.335 e. The van der Waals surface area contributed by atoms with E-state index in [1.165, 1.54) is 24.3 Å². The summed E-state index contributed by atoms with van der Waals surface area (Å²) in [7, 11) is 0. The van der Waals surface area contributed by atoms with Crippen molar-refractivity contribution in [3.8, 4) is 0 Å². The van der Waals surface area contributed by atoms with Crippen LogP contribution in [-0.4, -0.2) is 34.5 Å². The molecule has 1 aliphatic rings. The van der Waals surface area contributed by atoms with Gasteiger partial charge in [-0.3, -0.25) is 9.69 Å². The maximum atomic E-state index is 13.0. The molecule has 1 aliphatic heterocycles. The fraction of sp³-hybridized carbons (Fsp3) is 0.300. The van der Waals surface area contributed by atoms with Crippen LogP contribution >= 0.6 is 0 Å². The number of halogens is 1. The molecule has 0 radical (unpaired) electrons. The van der Waals surface area contributed by atoms with E-state index in [4.69, 9.17) is 5.11 Å². The van der Waals surface area contributed by atoms with Gasteiger partial charge in [-0.15, -0.1) is 0 Å². The highest BCUT2D eigenvalue weighted by Gasteiger charge is 2.30. The normalized spacial score (nSPS) is 17.2. The molecular formula is C20H21FN2O3. The van der Waals surface area contributed by atoms with Crippen LogP contribution in [0.5, 0.6) is 0 Å². The summed E-state index contributed by atoms with van der Waals surface area (Å²) in [5.74, 6) is -1.27. The van der Waals surface area contributed by atoms with E-state index < -0.39 is 5.97 Å². The third-order valence-electron chi connectivity index (χ3n) is 4.63. The number of aromatic carboxylic acids is 1. The number of hydrogen-bond acceptors (Lipinski definition) is 3. The number of carboxylic acid groups (broad SMARTS) is 1. The highest BCUT2D eigenvalue weighted by atomic mass is 19.1. The standard InChI is InChI=1S/C20H21FN2O3/c21-17-9-5-15(6-10-17)13-23-11-1-2-18(23)19(24)22-12-14-3-7-16(8-4-14)20(25)26/h3-10,18H,1-2,11-13H2,(H,22,24)(H,25,26)/t18-/m1/s1. The fourth-order valence-electron chi connectivity index (χ4n) is 3.21. The third-order valence-corrected chi connectivity index (χ3v) is 4.63. The van der Waals surface area contributed by atoms with Crippen molar-refractivity contribution >= 4 is 11.9 Å². The quantitative estimate of drug-likeness (QED) is 0.835. The molecule has 3 rings (SSSR count). The van der Waals surface area contributed by atoms with Gasteiger partial charge < -0.3 is 10.4 Å². The van der Waals surface area contributed by atoms with E-state index in [9.17, 15) is 14.0 Å². The van der Waals surface area contributed by atoms with Crippen LogP contribution in [0.2, 0.25) is 0 Å². The number of rotatable bonds is 6. The fourth-order valence-corrected chi connectivity index (χ4v) is 3.21. The van der Waals surface area contributed by atoms with E-state index in [-0.39, 0.29) is 23.3 Å². The molecule has 0 unspecified atom stereocenters. The van der Waals surface area contributed by atoms with E-state index in [0.717, 1.165) is 30.5 Å². The summed E-state index contributed by atoms with van der Waals surface area (Å²) in [5, 5.41) is 11.8. The summed E-state index contributed by atoms with van der Waals surface area (Å²) in [6.45, 7) is 1.81. The lowest BCUT2D eigenvalue weighted by molar-refractivity contribution is -0.125. The van der Waals surface area contributed by atoms with Crippen molar-refractivity contribution in [1.82, 2.24) is 10.2 Å². The second-order valence-electron chi connectivity index (χ2n) is 6.47. The lowest BCUT2D eigenvalue weighted by Gasteiger charge is -2.23. The summed E-state index contributed by atoms with van der Waals surface area (Å²) in [4.78, 5) is 25.5. The number of carbonyl (C=O) groups excluding carboxylic acids is 1. The first kappa shape index (κ1) is 18.1. The van der Waals surface area contributed by atoms with Crippen LogP contribution in [0.1, 0.15) is 34.3 Å². The Bertz CT molecular complexity index is 775. The zero-order valence-electron chi connectivity index (χ0n) is 14.3. The van der Waals surface area contributed by atoms with Crippen LogP contribution in [0, 0.1) is 5.82 Å². The molecule has 0 saturated carbocycles. The second kappa shape index (κ2) is 8.10. The monoisotopic (exact) mass is 356 g/mol. The third kappa shape index (κ3) is 4.46. The Hall–Kier alpha value is -2.73. The molecule has 1 amide bonds. The van der Waals surface area contributed by atoms with Crippen molar-refractivity contribution in [3.63, 3.8) is 0 Å². The Kier molecular flexibility index (Phi) is 5.63. The Labute approximate surface area is 151 Å². The van der Waals surface area contributed by atoms with Crippen molar-refractivity contribution in [2.75, 3.05) is 6.54 Å². The number of nitrogens with zero attached hydrogens (tertiary/aromatic N) is 1. The molecule has 1 heterocycles. The van der Waals surface area contributed by atoms with Crippen molar-refractivity contribution < 1.29 is 19.1 Å². The van der Waals surface area contributed by atoms with Crippen LogP contribution in [0.3, 0.4) is 0 Å². The zero-order chi connectivity index (χ0) is 18.5.